The maximum Gasteiger partial charge on any atom is 0.252 e. The zero-order chi connectivity index (χ0) is 25.2. The van der Waals surface area contributed by atoms with Crippen molar-refractivity contribution in [1.29, 1.82) is 0 Å². The van der Waals surface area contributed by atoms with Crippen LogP contribution in [0.2, 0.25) is 0 Å². The Balaban J connectivity index is 1.78. The Morgan fingerprint density at radius 1 is 1.20 bits per heavy atom. The first-order valence-electron chi connectivity index (χ1n) is 12.0. The highest BCUT2D eigenvalue weighted by molar-refractivity contribution is 5.80. The summed E-state index contributed by atoms with van der Waals surface area (Å²) in [7, 11) is 1.61. The van der Waals surface area contributed by atoms with Crippen LogP contribution in [-0.2, 0) is 18.6 Å². The van der Waals surface area contributed by atoms with Gasteiger partial charge in [0, 0.05) is 18.2 Å². The summed E-state index contributed by atoms with van der Waals surface area (Å²) in [4.78, 5) is 18.4. The van der Waals surface area contributed by atoms with Gasteiger partial charge in [0.2, 0.25) is 0 Å². The number of pyridine rings is 1. The molecule has 0 bridgehead atoms. The molecule has 0 unspecified atom stereocenters. The lowest BCUT2D eigenvalue weighted by molar-refractivity contribution is 0.109. The van der Waals surface area contributed by atoms with Gasteiger partial charge in [-0.15, -0.1) is 5.10 Å². The van der Waals surface area contributed by atoms with Gasteiger partial charge in [-0.1, -0.05) is 20.8 Å². The summed E-state index contributed by atoms with van der Waals surface area (Å²) < 4.78 is 12.9. The molecule has 1 atom stereocenters. The van der Waals surface area contributed by atoms with Crippen LogP contribution in [-0.4, -0.2) is 37.2 Å². The minimum Gasteiger partial charge on any atom is -0.497 e. The first-order chi connectivity index (χ1) is 16.7. The van der Waals surface area contributed by atoms with E-state index < -0.39 is 0 Å². The third-order valence-electron chi connectivity index (χ3n) is 6.66. The topological polar surface area (TPSA) is 102 Å². The second-order valence-corrected chi connectivity index (χ2v) is 9.86. The third kappa shape index (κ3) is 5.14. The van der Waals surface area contributed by atoms with Crippen LogP contribution in [0.1, 0.15) is 64.2 Å². The molecule has 35 heavy (non-hydrogen) atoms. The van der Waals surface area contributed by atoms with Crippen LogP contribution in [0.4, 0.5) is 0 Å². The zero-order valence-corrected chi connectivity index (χ0v) is 21.3. The van der Waals surface area contributed by atoms with Crippen LogP contribution in [0, 0.1) is 5.92 Å². The number of ether oxygens (including phenoxy) is 1. The van der Waals surface area contributed by atoms with Gasteiger partial charge in [-0.25, -0.2) is 4.68 Å². The lowest BCUT2D eigenvalue weighted by atomic mass is 9.97. The quantitative estimate of drug-likeness (QED) is 0.354. The van der Waals surface area contributed by atoms with Gasteiger partial charge < -0.3 is 14.1 Å². The highest BCUT2D eigenvalue weighted by Gasteiger charge is 2.34. The Morgan fingerprint density at radius 3 is 2.66 bits per heavy atom. The fourth-order valence-electron chi connectivity index (χ4n) is 4.39. The van der Waals surface area contributed by atoms with E-state index in [0.717, 1.165) is 28.9 Å². The molecule has 4 rings (SSSR count). The molecule has 186 valence electrons. The molecule has 4 aromatic rings. The van der Waals surface area contributed by atoms with Gasteiger partial charge in [-0.05, 0) is 72.3 Å². The van der Waals surface area contributed by atoms with Crippen molar-refractivity contribution >= 4 is 10.9 Å². The molecule has 0 aliphatic rings. The molecule has 0 fully saturated rings. The van der Waals surface area contributed by atoms with Crippen molar-refractivity contribution in [1.82, 2.24) is 30.1 Å². The van der Waals surface area contributed by atoms with Crippen LogP contribution in [0.5, 0.6) is 5.75 Å². The van der Waals surface area contributed by atoms with Gasteiger partial charge in [-0.3, -0.25) is 9.69 Å². The molecule has 9 heteroatoms. The number of aromatic nitrogens is 5. The van der Waals surface area contributed by atoms with Crippen molar-refractivity contribution in [2.24, 2.45) is 5.92 Å². The molecule has 3 aromatic heterocycles. The summed E-state index contributed by atoms with van der Waals surface area (Å²) in [5, 5.41) is 13.8. The number of hydrogen-bond acceptors (Lipinski definition) is 7. The summed E-state index contributed by atoms with van der Waals surface area (Å²) >= 11 is 0. The van der Waals surface area contributed by atoms with Crippen molar-refractivity contribution in [3.63, 3.8) is 0 Å². The summed E-state index contributed by atoms with van der Waals surface area (Å²) in [6, 6.07) is 11.3. The van der Waals surface area contributed by atoms with E-state index in [4.69, 9.17) is 9.15 Å². The van der Waals surface area contributed by atoms with Crippen molar-refractivity contribution in [2.75, 3.05) is 7.11 Å². The fourth-order valence-corrected chi connectivity index (χ4v) is 4.39. The SMILES string of the molecule is CCC(C)(C)n1nnnc1[C@H](C(C)C)N(Cc1ccco1)Cc1cc2ccc(OC)cc2[nH]c1=O. The summed E-state index contributed by atoms with van der Waals surface area (Å²) in [6.07, 6.45) is 2.54. The number of benzene rings is 1. The van der Waals surface area contributed by atoms with Crippen molar-refractivity contribution < 1.29 is 9.15 Å². The third-order valence-corrected chi connectivity index (χ3v) is 6.66. The van der Waals surface area contributed by atoms with Crippen molar-refractivity contribution in [2.45, 2.75) is 65.7 Å². The predicted octanol–water partition coefficient (Wildman–Crippen LogP) is 4.66. The number of hydrogen-bond donors (Lipinski definition) is 1. The van der Waals surface area contributed by atoms with Crippen LogP contribution in [0.15, 0.2) is 51.9 Å². The van der Waals surface area contributed by atoms with Crippen molar-refractivity contribution in [3.8, 4) is 5.75 Å². The average Bonchev–Trinajstić information content (AvgIpc) is 3.52. The summed E-state index contributed by atoms with van der Waals surface area (Å²) in [5.74, 6) is 2.46. The van der Waals surface area contributed by atoms with E-state index in [0.29, 0.717) is 24.4 Å². The first kappa shape index (κ1) is 24.7. The maximum atomic E-state index is 13.1. The van der Waals surface area contributed by atoms with E-state index in [2.05, 4.69) is 60.0 Å². The molecule has 0 amide bonds. The number of nitrogens with one attached hydrogen (secondary N) is 1. The van der Waals surface area contributed by atoms with Crippen LogP contribution >= 0.6 is 0 Å². The normalized spacial score (nSPS) is 13.1. The smallest absolute Gasteiger partial charge is 0.252 e. The van der Waals surface area contributed by atoms with E-state index >= 15 is 0 Å². The Bertz CT molecular complexity index is 1320. The summed E-state index contributed by atoms with van der Waals surface area (Å²) in [5.41, 5.74) is 1.02. The summed E-state index contributed by atoms with van der Waals surface area (Å²) in [6.45, 7) is 11.6. The van der Waals surface area contributed by atoms with Gasteiger partial charge in [0.05, 0.1) is 37.0 Å². The molecule has 0 aliphatic carbocycles. The molecule has 3 heterocycles. The molecular formula is C26H34N6O3. The predicted molar refractivity (Wildman–Crippen MR) is 134 cm³/mol. The molecule has 1 aromatic carbocycles. The minimum absolute atomic E-state index is 0.133. The number of furan rings is 1. The average molecular weight is 479 g/mol. The minimum atomic E-state index is -0.248. The number of H-pyrrole nitrogens is 1. The second-order valence-electron chi connectivity index (χ2n) is 9.86. The van der Waals surface area contributed by atoms with Gasteiger partial charge in [0.25, 0.3) is 5.56 Å². The van der Waals surface area contributed by atoms with Gasteiger partial charge in [-0.2, -0.15) is 0 Å². The highest BCUT2D eigenvalue weighted by Crippen LogP contribution is 2.33. The monoisotopic (exact) mass is 478 g/mol. The number of rotatable bonds is 10. The molecule has 9 nitrogen and oxygen atoms in total. The van der Waals surface area contributed by atoms with E-state index in [1.807, 2.05) is 41.1 Å². The first-order valence-corrected chi connectivity index (χ1v) is 12.0. The molecule has 0 aliphatic heterocycles. The van der Waals surface area contributed by atoms with E-state index in [1.54, 1.807) is 13.4 Å². The van der Waals surface area contributed by atoms with Crippen molar-refractivity contribution in [3.05, 3.63) is 70.2 Å². The number of aromatic amines is 1. The number of tetrazole rings is 1. The number of fused-ring (bicyclic) bond motifs is 1. The van der Waals surface area contributed by atoms with E-state index in [1.165, 1.54) is 0 Å². The zero-order valence-electron chi connectivity index (χ0n) is 21.3. The molecule has 0 saturated heterocycles. The standard InChI is InChI=1S/C26H34N6O3/c1-7-26(4,5)32-24(28-29-30-32)23(17(2)3)31(16-21-9-8-12-35-21)15-19-13-18-10-11-20(34-6)14-22(18)27-25(19)33/h8-14,17,23H,7,15-16H2,1-6H3,(H,27,33)/t23-/m0/s1. The molecular weight excluding hydrogens is 444 g/mol. The Kier molecular flexibility index (Phi) is 7.07. The lowest BCUT2D eigenvalue weighted by Crippen LogP contribution is -2.38. The van der Waals surface area contributed by atoms with Crippen LogP contribution in [0.3, 0.4) is 0 Å². The second kappa shape index (κ2) is 10.0. The molecule has 0 spiro atoms. The lowest BCUT2D eigenvalue weighted by Gasteiger charge is -2.35. The Morgan fingerprint density at radius 2 is 2.00 bits per heavy atom. The molecule has 1 N–H and O–H groups in total. The molecule has 0 radical (unpaired) electrons. The fraction of sp³-hybridized carbons (Fsp3) is 0.462. The van der Waals surface area contributed by atoms with Gasteiger partial charge in [0.15, 0.2) is 5.82 Å². The van der Waals surface area contributed by atoms with Gasteiger partial charge in [0.1, 0.15) is 11.5 Å². The highest BCUT2D eigenvalue weighted by atomic mass is 16.5. The Labute approximate surface area is 205 Å². The maximum absolute atomic E-state index is 13.1. The molecule has 0 saturated carbocycles. The van der Waals surface area contributed by atoms with E-state index in [9.17, 15) is 4.79 Å². The number of nitrogens with zero attached hydrogens (tertiary/aromatic N) is 5. The largest absolute Gasteiger partial charge is 0.497 e. The van der Waals surface area contributed by atoms with Crippen LogP contribution in [0.25, 0.3) is 10.9 Å². The Hall–Kier alpha value is -3.46. The number of methoxy groups -OCH3 is 1. The van der Waals surface area contributed by atoms with Gasteiger partial charge >= 0.3 is 0 Å². The van der Waals surface area contributed by atoms with E-state index in [-0.39, 0.29) is 23.1 Å². The van der Waals surface area contributed by atoms with Crippen LogP contribution < -0.4 is 10.3 Å².